The Morgan fingerprint density at radius 3 is 2.66 bits per heavy atom. The Hall–Kier alpha value is -3.23. The van der Waals surface area contributed by atoms with Gasteiger partial charge < -0.3 is 5.32 Å². The standard InChI is InChI=1S/C20H16F4N4O/c1-11-16(10-26-28(11)18-6-5-13(9-25-18)20(22,23)24)19(29)27-17-8-15(17)12-3-2-4-14(21)7-12/h2-7,9-10,15,17H,8H2,1H3,(H,27,29)/t15-,17+/m1/s1. The van der Waals surface area contributed by atoms with Gasteiger partial charge in [-0.3, -0.25) is 4.79 Å². The molecule has 1 saturated carbocycles. The number of nitrogens with one attached hydrogen (secondary N) is 1. The van der Waals surface area contributed by atoms with Gasteiger partial charge in [0, 0.05) is 18.2 Å². The van der Waals surface area contributed by atoms with E-state index in [4.69, 9.17) is 0 Å². The number of pyridine rings is 1. The molecule has 3 aromatic rings. The highest BCUT2D eigenvalue weighted by Crippen LogP contribution is 2.41. The minimum absolute atomic E-state index is 0.0570. The van der Waals surface area contributed by atoms with Crippen LogP contribution in [0.3, 0.4) is 0 Å². The molecule has 0 radical (unpaired) electrons. The van der Waals surface area contributed by atoms with Crippen molar-refractivity contribution in [2.45, 2.75) is 31.5 Å². The Bertz CT molecular complexity index is 1060. The number of alkyl halides is 3. The number of carbonyl (C=O) groups is 1. The number of hydrogen-bond acceptors (Lipinski definition) is 3. The monoisotopic (exact) mass is 404 g/mol. The van der Waals surface area contributed by atoms with Crippen molar-refractivity contribution in [1.82, 2.24) is 20.1 Å². The Labute approximate surface area is 163 Å². The fourth-order valence-electron chi connectivity index (χ4n) is 3.25. The van der Waals surface area contributed by atoms with Crippen LogP contribution in [0.25, 0.3) is 5.82 Å². The first-order chi connectivity index (χ1) is 13.7. The minimum Gasteiger partial charge on any atom is -0.349 e. The van der Waals surface area contributed by atoms with Gasteiger partial charge in [-0.2, -0.15) is 18.3 Å². The van der Waals surface area contributed by atoms with Crippen molar-refractivity contribution in [3.8, 4) is 5.82 Å². The molecule has 0 aliphatic heterocycles. The molecule has 9 heteroatoms. The van der Waals surface area contributed by atoms with Gasteiger partial charge in [0.2, 0.25) is 0 Å². The highest BCUT2D eigenvalue weighted by Gasteiger charge is 2.40. The van der Waals surface area contributed by atoms with E-state index in [-0.39, 0.29) is 29.5 Å². The molecule has 0 unspecified atom stereocenters. The summed E-state index contributed by atoms with van der Waals surface area (Å²) in [7, 11) is 0. The summed E-state index contributed by atoms with van der Waals surface area (Å²) in [5.41, 5.74) is 0.729. The SMILES string of the molecule is Cc1c(C(=O)N[C@H]2C[C@@H]2c2cccc(F)c2)cnn1-c1ccc(C(F)(F)F)cn1. The quantitative estimate of drug-likeness (QED) is 0.669. The lowest BCUT2D eigenvalue weighted by Crippen LogP contribution is -2.27. The molecule has 0 bridgehead atoms. The average Bonchev–Trinajstić information content (AvgIpc) is 3.32. The lowest BCUT2D eigenvalue weighted by molar-refractivity contribution is -0.137. The zero-order valence-corrected chi connectivity index (χ0v) is 15.2. The van der Waals surface area contributed by atoms with Crippen molar-refractivity contribution < 1.29 is 22.4 Å². The summed E-state index contributed by atoms with van der Waals surface area (Å²) in [5, 5.41) is 6.97. The highest BCUT2D eigenvalue weighted by molar-refractivity contribution is 5.95. The summed E-state index contributed by atoms with van der Waals surface area (Å²) in [4.78, 5) is 16.4. The van der Waals surface area contributed by atoms with Crippen molar-refractivity contribution in [3.63, 3.8) is 0 Å². The smallest absolute Gasteiger partial charge is 0.349 e. The zero-order valence-electron chi connectivity index (χ0n) is 15.2. The van der Waals surface area contributed by atoms with E-state index in [0.717, 1.165) is 17.8 Å². The molecule has 150 valence electrons. The van der Waals surface area contributed by atoms with Crippen LogP contribution in [-0.2, 0) is 6.18 Å². The largest absolute Gasteiger partial charge is 0.417 e. The summed E-state index contributed by atoms with van der Waals surface area (Å²) in [6.45, 7) is 1.64. The van der Waals surface area contributed by atoms with E-state index in [2.05, 4.69) is 15.4 Å². The second-order valence-corrected chi connectivity index (χ2v) is 6.94. The highest BCUT2D eigenvalue weighted by atomic mass is 19.4. The maximum absolute atomic E-state index is 13.4. The molecule has 5 nitrogen and oxygen atoms in total. The molecule has 1 fully saturated rings. The minimum atomic E-state index is -4.47. The number of carbonyl (C=O) groups excluding carboxylic acids is 1. The van der Waals surface area contributed by atoms with Crippen LogP contribution in [0.15, 0.2) is 48.8 Å². The third-order valence-electron chi connectivity index (χ3n) is 4.93. The molecule has 1 amide bonds. The van der Waals surface area contributed by atoms with Crippen molar-refractivity contribution >= 4 is 5.91 Å². The van der Waals surface area contributed by atoms with Crippen molar-refractivity contribution in [2.75, 3.05) is 0 Å². The normalized spacial score (nSPS) is 18.5. The van der Waals surface area contributed by atoms with Gasteiger partial charge in [0.15, 0.2) is 5.82 Å². The molecule has 0 spiro atoms. The van der Waals surface area contributed by atoms with Gasteiger partial charge in [0.1, 0.15) is 5.82 Å². The molecule has 1 N–H and O–H groups in total. The lowest BCUT2D eigenvalue weighted by Gasteiger charge is -2.08. The van der Waals surface area contributed by atoms with E-state index in [1.165, 1.54) is 29.1 Å². The molecular formula is C20H16F4N4O. The number of hydrogen-bond donors (Lipinski definition) is 1. The first kappa shape index (κ1) is 19.1. The number of benzene rings is 1. The summed E-state index contributed by atoms with van der Waals surface area (Å²) < 4.78 is 52.7. The number of nitrogens with zero attached hydrogens (tertiary/aromatic N) is 3. The predicted octanol–water partition coefficient (Wildman–Crippen LogP) is 4.02. The molecule has 1 aromatic carbocycles. The van der Waals surface area contributed by atoms with E-state index in [1.54, 1.807) is 13.0 Å². The molecule has 29 heavy (non-hydrogen) atoms. The van der Waals surface area contributed by atoms with Crippen LogP contribution < -0.4 is 5.32 Å². The fourth-order valence-corrected chi connectivity index (χ4v) is 3.25. The first-order valence-electron chi connectivity index (χ1n) is 8.88. The van der Waals surface area contributed by atoms with Gasteiger partial charge in [-0.05, 0) is 43.2 Å². The van der Waals surface area contributed by atoms with Crippen LogP contribution >= 0.6 is 0 Å². The van der Waals surface area contributed by atoms with Gasteiger partial charge in [-0.1, -0.05) is 12.1 Å². The van der Waals surface area contributed by atoms with Crippen LogP contribution in [0, 0.1) is 12.7 Å². The van der Waals surface area contributed by atoms with E-state index < -0.39 is 11.7 Å². The van der Waals surface area contributed by atoms with E-state index in [1.807, 2.05) is 6.07 Å². The third-order valence-corrected chi connectivity index (χ3v) is 4.93. The first-order valence-corrected chi connectivity index (χ1v) is 8.88. The van der Waals surface area contributed by atoms with Gasteiger partial charge in [-0.25, -0.2) is 14.1 Å². The van der Waals surface area contributed by atoms with Gasteiger partial charge >= 0.3 is 6.18 Å². The lowest BCUT2D eigenvalue weighted by atomic mass is 10.1. The molecule has 1 aliphatic carbocycles. The Balaban J connectivity index is 1.47. The molecule has 4 rings (SSSR count). The molecule has 0 saturated heterocycles. The molecule has 2 atom stereocenters. The average molecular weight is 404 g/mol. The summed E-state index contributed by atoms with van der Waals surface area (Å²) >= 11 is 0. The molecule has 2 heterocycles. The van der Waals surface area contributed by atoms with Crippen LogP contribution in [0.5, 0.6) is 0 Å². The zero-order chi connectivity index (χ0) is 20.8. The van der Waals surface area contributed by atoms with E-state index in [9.17, 15) is 22.4 Å². The second-order valence-electron chi connectivity index (χ2n) is 6.94. The van der Waals surface area contributed by atoms with Crippen molar-refractivity contribution in [3.05, 3.63) is 77.0 Å². The van der Waals surface area contributed by atoms with Crippen LogP contribution in [-0.4, -0.2) is 26.7 Å². The number of aromatic nitrogens is 3. The Morgan fingerprint density at radius 1 is 1.21 bits per heavy atom. The van der Waals surface area contributed by atoms with Crippen LogP contribution in [0.4, 0.5) is 17.6 Å². The summed E-state index contributed by atoms with van der Waals surface area (Å²) in [6.07, 6.45) is -1.69. The van der Waals surface area contributed by atoms with E-state index >= 15 is 0 Å². The predicted molar refractivity (Wildman–Crippen MR) is 96.1 cm³/mol. The Kier molecular flexibility index (Phi) is 4.60. The van der Waals surface area contributed by atoms with Crippen molar-refractivity contribution in [1.29, 1.82) is 0 Å². The number of rotatable bonds is 4. The summed E-state index contributed by atoms with van der Waals surface area (Å²) in [6, 6.07) is 8.29. The van der Waals surface area contributed by atoms with Crippen molar-refractivity contribution in [2.24, 2.45) is 0 Å². The molecule has 1 aliphatic rings. The maximum Gasteiger partial charge on any atom is 0.417 e. The fraction of sp³-hybridized carbons (Fsp3) is 0.250. The van der Waals surface area contributed by atoms with Gasteiger partial charge in [0.05, 0.1) is 23.0 Å². The topological polar surface area (TPSA) is 59.8 Å². The van der Waals surface area contributed by atoms with Crippen LogP contribution in [0.1, 0.15) is 39.5 Å². The van der Waals surface area contributed by atoms with Gasteiger partial charge in [-0.15, -0.1) is 0 Å². The van der Waals surface area contributed by atoms with Gasteiger partial charge in [0.25, 0.3) is 5.91 Å². The second kappa shape index (κ2) is 6.98. The van der Waals surface area contributed by atoms with Crippen LogP contribution in [0.2, 0.25) is 0 Å². The number of halogens is 4. The Morgan fingerprint density at radius 2 is 2.00 bits per heavy atom. The molecule has 2 aromatic heterocycles. The summed E-state index contributed by atoms with van der Waals surface area (Å²) in [5.74, 6) is -0.426. The number of amides is 1. The third kappa shape index (κ3) is 3.85. The molecular weight excluding hydrogens is 388 g/mol. The maximum atomic E-state index is 13.4. The van der Waals surface area contributed by atoms with E-state index in [0.29, 0.717) is 17.7 Å².